The molecule has 0 bridgehead atoms. The van der Waals surface area contributed by atoms with Crippen molar-refractivity contribution in [2.24, 2.45) is 15.9 Å². The number of hydrazone groups is 1. The highest BCUT2D eigenvalue weighted by Gasteiger charge is 2.01. The molecule has 0 rings (SSSR count). The van der Waals surface area contributed by atoms with Crippen LogP contribution < -0.4 is 5.84 Å². The second-order valence-corrected chi connectivity index (χ2v) is 5.02. The maximum atomic E-state index is 5.47. The number of ether oxygens (including phenoxy) is 1. The molecule has 0 spiro atoms. The van der Waals surface area contributed by atoms with Crippen molar-refractivity contribution in [3.63, 3.8) is 0 Å². The average molecular weight is 270 g/mol. The van der Waals surface area contributed by atoms with Gasteiger partial charge in [-0.15, -0.1) is 0 Å². The van der Waals surface area contributed by atoms with Crippen molar-refractivity contribution in [2.45, 2.75) is 46.1 Å². The molecule has 0 atom stereocenters. The van der Waals surface area contributed by atoms with Gasteiger partial charge in [-0.25, -0.2) is 0 Å². The molecule has 0 heterocycles. The van der Waals surface area contributed by atoms with Crippen molar-refractivity contribution < 1.29 is 4.74 Å². The number of unbranched alkanes of at least 4 members (excludes halogenated alkanes) is 1. The van der Waals surface area contributed by atoms with Crippen LogP contribution in [0.4, 0.5) is 0 Å². The molecular weight excluding hydrogens is 240 g/mol. The van der Waals surface area contributed by atoms with E-state index in [1.165, 1.54) is 0 Å². The molecule has 19 heavy (non-hydrogen) atoms. The molecule has 5 nitrogen and oxygen atoms in total. The van der Waals surface area contributed by atoms with Crippen molar-refractivity contribution in [1.82, 2.24) is 4.90 Å². The van der Waals surface area contributed by atoms with Gasteiger partial charge in [-0.05, 0) is 46.7 Å². The molecule has 0 aliphatic rings. The summed E-state index contributed by atoms with van der Waals surface area (Å²) in [5, 5.41) is 3.77. The van der Waals surface area contributed by atoms with Crippen molar-refractivity contribution in [3.05, 3.63) is 0 Å². The highest BCUT2D eigenvalue weighted by atomic mass is 16.5. The largest absolute Gasteiger partial charge is 0.379 e. The van der Waals surface area contributed by atoms with E-state index in [4.69, 9.17) is 10.6 Å². The lowest BCUT2D eigenvalue weighted by molar-refractivity contribution is 0.0764. The molecule has 0 radical (unpaired) electrons. The molecule has 0 saturated carbocycles. The van der Waals surface area contributed by atoms with Gasteiger partial charge in [0.05, 0.1) is 11.8 Å². The van der Waals surface area contributed by atoms with Crippen molar-refractivity contribution in [1.29, 1.82) is 0 Å². The number of rotatable bonds is 11. The van der Waals surface area contributed by atoms with E-state index in [0.29, 0.717) is 6.10 Å². The van der Waals surface area contributed by atoms with Crippen LogP contribution in [0, 0.1) is 0 Å². The third-order valence-electron chi connectivity index (χ3n) is 2.58. The minimum Gasteiger partial charge on any atom is -0.379 e. The number of nitrogens with zero attached hydrogens (tertiary/aromatic N) is 3. The lowest BCUT2D eigenvalue weighted by Gasteiger charge is -2.14. The molecule has 0 amide bonds. The van der Waals surface area contributed by atoms with Gasteiger partial charge in [-0.2, -0.15) is 5.10 Å². The molecule has 0 aromatic heterocycles. The molecule has 0 aliphatic carbocycles. The van der Waals surface area contributed by atoms with Gasteiger partial charge in [0.2, 0.25) is 0 Å². The highest BCUT2D eigenvalue weighted by Crippen LogP contribution is 1.95. The molecule has 2 N–H and O–H groups in total. The normalized spacial score (nSPS) is 13.1. The highest BCUT2D eigenvalue weighted by molar-refractivity contribution is 6.31. The summed E-state index contributed by atoms with van der Waals surface area (Å²) in [6.07, 6.45) is 5.30. The summed E-state index contributed by atoms with van der Waals surface area (Å²) in [6.45, 7) is 9.67. The van der Waals surface area contributed by atoms with Gasteiger partial charge >= 0.3 is 0 Å². The van der Waals surface area contributed by atoms with Gasteiger partial charge in [-0.3, -0.25) is 4.99 Å². The minimum absolute atomic E-state index is 0.314. The van der Waals surface area contributed by atoms with Gasteiger partial charge in [0.1, 0.15) is 0 Å². The lowest BCUT2D eigenvalue weighted by Crippen LogP contribution is -2.28. The summed E-state index contributed by atoms with van der Waals surface area (Å²) in [4.78, 5) is 6.54. The van der Waals surface area contributed by atoms with Crippen molar-refractivity contribution in [3.8, 4) is 0 Å². The molecule has 0 fully saturated rings. The summed E-state index contributed by atoms with van der Waals surface area (Å²) < 4.78 is 5.47. The first-order valence-corrected chi connectivity index (χ1v) is 7.16. The minimum atomic E-state index is 0.314. The number of aliphatic imine (C=N–C) groups is 1. The first-order chi connectivity index (χ1) is 9.10. The van der Waals surface area contributed by atoms with Gasteiger partial charge in [0.25, 0.3) is 0 Å². The zero-order valence-corrected chi connectivity index (χ0v) is 12.9. The Bertz CT molecular complexity index is 264. The van der Waals surface area contributed by atoms with Crippen LogP contribution >= 0.6 is 0 Å². The van der Waals surface area contributed by atoms with Crippen LogP contribution in [0.3, 0.4) is 0 Å². The fourth-order valence-electron chi connectivity index (χ4n) is 1.65. The molecule has 0 unspecified atom stereocenters. The summed E-state index contributed by atoms with van der Waals surface area (Å²) in [7, 11) is 2.06. The maximum absolute atomic E-state index is 5.47. The van der Waals surface area contributed by atoms with Gasteiger partial charge in [-0.1, -0.05) is 6.92 Å². The number of nitrogens with two attached hydrogens (primary N) is 1. The Kier molecular flexibility index (Phi) is 11.5. The molecule has 0 aliphatic heterocycles. The van der Waals surface area contributed by atoms with Crippen LogP contribution in [0.5, 0.6) is 0 Å². The smallest absolute Gasteiger partial charge is 0.0918 e. The first kappa shape index (κ1) is 18.1. The zero-order chi connectivity index (χ0) is 14.5. The predicted molar refractivity (Wildman–Crippen MR) is 83.1 cm³/mol. The van der Waals surface area contributed by atoms with Crippen LogP contribution in [0.25, 0.3) is 0 Å². The van der Waals surface area contributed by atoms with Crippen LogP contribution in [0.1, 0.15) is 40.0 Å². The first-order valence-electron chi connectivity index (χ1n) is 7.16. The van der Waals surface area contributed by atoms with Crippen LogP contribution in [-0.4, -0.2) is 56.2 Å². The summed E-state index contributed by atoms with van der Waals surface area (Å²) in [5.41, 5.74) is 0.828. The number of hydrogen-bond donors (Lipinski definition) is 1. The molecule has 0 aromatic carbocycles. The zero-order valence-electron chi connectivity index (χ0n) is 12.9. The summed E-state index contributed by atoms with van der Waals surface area (Å²) >= 11 is 0. The van der Waals surface area contributed by atoms with E-state index in [0.717, 1.165) is 51.2 Å². The lowest BCUT2D eigenvalue weighted by atomic mass is 10.3. The number of hydrogen-bond acceptors (Lipinski definition) is 5. The van der Waals surface area contributed by atoms with Gasteiger partial charge in [0, 0.05) is 25.9 Å². The Morgan fingerprint density at radius 3 is 2.68 bits per heavy atom. The fourth-order valence-corrected chi connectivity index (χ4v) is 1.65. The molecular formula is C14H30N4O. The second-order valence-electron chi connectivity index (χ2n) is 5.02. The Morgan fingerprint density at radius 2 is 2.11 bits per heavy atom. The van der Waals surface area contributed by atoms with Crippen LogP contribution in [0.15, 0.2) is 10.1 Å². The van der Waals surface area contributed by atoms with E-state index >= 15 is 0 Å². The molecule has 0 saturated heterocycles. The Morgan fingerprint density at radius 1 is 1.37 bits per heavy atom. The monoisotopic (exact) mass is 270 g/mol. The predicted octanol–water partition coefficient (Wildman–Crippen LogP) is 1.92. The van der Waals surface area contributed by atoms with Crippen LogP contribution in [-0.2, 0) is 4.74 Å². The molecule has 112 valence electrons. The van der Waals surface area contributed by atoms with Crippen molar-refractivity contribution in [2.75, 3.05) is 33.3 Å². The quantitative estimate of drug-likeness (QED) is 0.270. The third kappa shape index (κ3) is 11.9. The van der Waals surface area contributed by atoms with E-state index in [1.54, 1.807) is 6.21 Å². The van der Waals surface area contributed by atoms with Crippen molar-refractivity contribution >= 4 is 11.9 Å². The van der Waals surface area contributed by atoms with Gasteiger partial charge in [0.15, 0.2) is 0 Å². The maximum Gasteiger partial charge on any atom is 0.0918 e. The molecule has 0 aromatic rings. The van der Waals surface area contributed by atoms with Crippen LogP contribution in [0.2, 0.25) is 0 Å². The Labute approximate surface area is 117 Å². The fraction of sp³-hybridized carbons (Fsp3) is 0.857. The van der Waals surface area contributed by atoms with E-state index in [9.17, 15) is 0 Å². The Hall–Kier alpha value is -0.940. The van der Waals surface area contributed by atoms with E-state index < -0.39 is 0 Å². The van der Waals surface area contributed by atoms with E-state index in [2.05, 4.69) is 42.8 Å². The van der Waals surface area contributed by atoms with E-state index in [-0.39, 0.29) is 0 Å². The van der Waals surface area contributed by atoms with E-state index in [1.807, 2.05) is 0 Å². The third-order valence-corrected chi connectivity index (χ3v) is 2.58. The SMILES string of the molecule is CCCN(C)C/C(C=NCCCCOC(C)C)=N/N. The topological polar surface area (TPSA) is 63.2 Å². The second kappa shape index (κ2) is 12.1. The average Bonchev–Trinajstić information content (AvgIpc) is 2.36. The standard InChI is InChI=1S/C14H30N4O/c1-5-9-18(4)12-14(17-15)11-16-8-6-7-10-19-13(2)3/h11,13H,5-10,12,15H2,1-4H3/b16-11?,17-14+. The summed E-state index contributed by atoms with van der Waals surface area (Å²) in [6, 6.07) is 0. The molecule has 5 heteroatoms. The van der Waals surface area contributed by atoms with Gasteiger partial charge < -0.3 is 15.5 Å². The summed E-state index contributed by atoms with van der Waals surface area (Å²) in [5.74, 6) is 5.36. The Balaban J connectivity index is 3.71.